The molecule has 1 aliphatic rings. The number of carbonyl (C=O) groups is 1. The molecule has 4 nitrogen and oxygen atoms in total. The molecular formula is C16H12N2O2S. The highest BCUT2D eigenvalue weighted by Crippen LogP contribution is 2.39. The van der Waals surface area contributed by atoms with E-state index in [9.17, 15) is 4.79 Å². The fourth-order valence-corrected chi connectivity index (χ4v) is 3.48. The number of carbonyl (C=O) groups excluding carboxylic acids is 1. The predicted octanol–water partition coefficient (Wildman–Crippen LogP) is 3.86. The maximum atomic E-state index is 12.5. The Balaban J connectivity index is 1.74. The van der Waals surface area contributed by atoms with E-state index in [0.29, 0.717) is 11.3 Å². The van der Waals surface area contributed by atoms with Crippen molar-refractivity contribution in [2.45, 2.75) is 6.17 Å². The summed E-state index contributed by atoms with van der Waals surface area (Å²) in [5.41, 5.74) is 2.70. The number of hydrogen-bond acceptors (Lipinski definition) is 4. The maximum absolute atomic E-state index is 12.5. The van der Waals surface area contributed by atoms with Gasteiger partial charge >= 0.3 is 0 Å². The fraction of sp³-hybridized carbons (Fsp3) is 0.0625. The smallest absolute Gasteiger partial charge is 0.256 e. The summed E-state index contributed by atoms with van der Waals surface area (Å²) in [5, 5.41) is 9.13. The summed E-state index contributed by atoms with van der Waals surface area (Å²) < 4.78 is 5.36. The number of thiophene rings is 1. The highest BCUT2D eigenvalue weighted by molar-refractivity contribution is 7.15. The molecule has 0 spiro atoms. The molecule has 0 saturated carbocycles. The van der Waals surface area contributed by atoms with Crippen LogP contribution in [0, 0.1) is 0 Å². The van der Waals surface area contributed by atoms with E-state index in [4.69, 9.17) is 4.42 Å². The van der Waals surface area contributed by atoms with Gasteiger partial charge in [0.15, 0.2) is 6.17 Å². The zero-order chi connectivity index (χ0) is 14.2. The minimum Gasteiger partial charge on any atom is -0.465 e. The van der Waals surface area contributed by atoms with E-state index >= 15 is 0 Å². The van der Waals surface area contributed by atoms with Gasteiger partial charge in [-0.1, -0.05) is 30.3 Å². The van der Waals surface area contributed by atoms with Crippen molar-refractivity contribution in [1.29, 1.82) is 0 Å². The van der Waals surface area contributed by atoms with Crippen molar-refractivity contribution in [3.8, 4) is 11.1 Å². The molecule has 2 N–H and O–H groups in total. The third kappa shape index (κ3) is 2.02. The van der Waals surface area contributed by atoms with Gasteiger partial charge in [0.1, 0.15) is 10.8 Å². The van der Waals surface area contributed by atoms with E-state index < -0.39 is 0 Å². The van der Waals surface area contributed by atoms with Gasteiger partial charge in [-0.25, -0.2) is 0 Å². The summed E-state index contributed by atoms with van der Waals surface area (Å²) in [7, 11) is 0. The zero-order valence-corrected chi connectivity index (χ0v) is 11.8. The molecule has 21 heavy (non-hydrogen) atoms. The average Bonchev–Trinajstić information content (AvgIpc) is 3.17. The Morgan fingerprint density at radius 3 is 2.67 bits per heavy atom. The molecule has 3 aromatic rings. The van der Waals surface area contributed by atoms with Gasteiger partial charge < -0.3 is 15.1 Å². The van der Waals surface area contributed by atoms with Crippen LogP contribution in [-0.2, 0) is 0 Å². The van der Waals surface area contributed by atoms with E-state index in [1.807, 2.05) is 47.8 Å². The minimum atomic E-state index is -0.317. The molecule has 1 amide bonds. The molecule has 0 saturated heterocycles. The van der Waals surface area contributed by atoms with Crippen LogP contribution in [-0.4, -0.2) is 5.91 Å². The standard InChI is InChI=1S/C16H12N2O2S/c19-15-13-11(10-5-2-1-3-6-10)9-21-16(13)18-14(17-15)12-7-4-8-20-12/h1-9,14,18H,(H,17,19). The molecule has 4 rings (SSSR count). The first-order valence-corrected chi connectivity index (χ1v) is 7.48. The van der Waals surface area contributed by atoms with Crippen LogP contribution in [0.3, 0.4) is 0 Å². The highest BCUT2D eigenvalue weighted by atomic mass is 32.1. The predicted molar refractivity (Wildman–Crippen MR) is 82.3 cm³/mol. The lowest BCUT2D eigenvalue weighted by molar-refractivity contribution is 0.0932. The average molecular weight is 296 g/mol. The molecule has 5 heteroatoms. The van der Waals surface area contributed by atoms with Gasteiger partial charge in [-0.15, -0.1) is 11.3 Å². The Kier molecular flexibility index (Phi) is 2.79. The van der Waals surface area contributed by atoms with Crippen LogP contribution in [0.4, 0.5) is 5.00 Å². The van der Waals surface area contributed by atoms with Crippen LogP contribution in [0.25, 0.3) is 11.1 Å². The topological polar surface area (TPSA) is 54.3 Å². The van der Waals surface area contributed by atoms with Crippen molar-refractivity contribution in [1.82, 2.24) is 5.32 Å². The molecule has 0 fully saturated rings. The molecule has 1 atom stereocenters. The Labute approximate surface area is 125 Å². The van der Waals surface area contributed by atoms with Gasteiger partial charge in [0, 0.05) is 10.9 Å². The number of anilines is 1. The summed E-state index contributed by atoms with van der Waals surface area (Å²) in [5.74, 6) is 0.619. The third-order valence-corrected chi connectivity index (χ3v) is 4.39. The van der Waals surface area contributed by atoms with Crippen molar-refractivity contribution >= 4 is 22.2 Å². The number of nitrogens with one attached hydrogen (secondary N) is 2. The van der Waals surface area contributed by atoms with E-state index in [-0.39, 0.29) is 12.1 Å². The van der Waals surface area contributed by atoms with Gasteiger partial charge in [0.25, 0.3) is 5.91 Å². The van der Waals surface area contributed by atoms with Gasteiger partial charge in [-0.2, -0.15) is 0 Å². The van der Waals surface area contributed by atoms with Crippen molar-refractivity contribution in [3.05, 3.63) is 65.4 Å². The Morgan fingerprint density at radius 1 is 1.05 bits per heavy atom. The quantitative estimate of drug-likeness (QED) is 0.755. The van der Waals surface area contributed by atoms with E-state index in [1.54, 1.807) is 6.26 Å². The molecule has 0 bridgehead atoms. The second-order valence-electron chi connectivity index (χ2n) is 4.79. The largest absolute Gasteiger partial charge is 0.465 e. The Bertz CT molecular complexity index is 778. The lowest BCUT2D eigenvalue weighted by atomic mass is 10.0. The first-order valence-electron chi connectivity index (χ1n) is 6.60. The van der Waals surface area contributed by atoms with Gasteiger partial charge in [0.05, 0.1) is 11.8 Å². The number of rotatable bonds is 2. The number of amides is 1. The molecular weight excluding hydrogens is 284 g/mol. The maximum Gasteiger partial charge on any atom is 0.256 e. The van der Waals surface area contributed by atoms with Crippen molar-refractivity contribution in [3.63, 3.8) is 0 Å². The second-order valence-corrected chi connectivity index (χ2v) is 5.67. The van der Waals surface area contributed by atoms with E-state index in [1.165, 1.54) is 11.3 Å². The van der Waals surface area contributed by atoms with E-state index in [0.717, 1.165) is 16.1 Å². The number of benzene rings is 1. The van der Waals surface area contributed by atoms with Crippen LogP contribution < -0.4 is 10.6 Å². The van der Waals surface area contributed by atoms with Crippen LogP contribution in [0.2, 0.25) is 0 Å². The van der Waals surface area contributed by atoms with Crippen LogP contribution in [0.15, 0.2) is 58.5 Å². The zero-order valence-electron chi connectivity index (χ0n) is 11.0. The first kappa shape index (κ1) is 12.2. The summed E-state index contributed by atoms with van der Waals surface area (Å²) >= 11 is 1.54. The molecule has 1 aromatic carbocycles. The third-order valence-electron chi connectivity index (χ3n) is 3.48. The summed E-state index contributed by atoms with van der Waals surface area (Å²) in [6.07, 6.45) is 1.28. The monoisotopic (exact) mass is 296 g/mol. The van der Waals surface area contributed by atoms with Crippen molar-refractivity contribution in [2.24, 2.45) is 0 Å². The van der Waals surface area contributed by atoms with Gasteiger partial charge in [-0.3, -0.25) is 4.79 Å². The summed E-state index contributed by atoms with van der Waals surface area (Å²) in [6, 6.07) is 13.6. The molecule has 0 radical (unpaired) electrons. The Morgan fingerprint density at radius 2 is 1.90 bits per heavy atom. The normalized spacial score (nSPS) is 17.0. The van der Waals surface area contributed by atoms with Crippen LogP contribution >= 0.6 is 11.3 Å². The fourth-order valence-electron chi connectivity index (χ4n) is 2.49. The van der Waals surface area contributed by atoms with E-state index in [2.05, 4.69) is 10.6 Å². The molecule has 1 unspecified atom stereocenters. The molecule has 2 aromatic heterocycles. The first-order chi connectivity index (χ1) is 10.3. The van der Waals surface area contributed by atoms with Crippen LogP contribution in [0.5, 0.6) is 0 Å². The number of furan rings is 1. The molecule has 104 valence electrons. The Hall–Kier alpha value is -2.53. The lowest BCUT2D eigenvalue weighted by Crippen LogP contribution is -2.37. The van der Waals surface area contributed by atoms with Gasteiger partial charge in [-0.05, 0) is 17.7 Å². The SMILES string of the molecule is O=C1NC(c2ccco2)Nc2scc(-c3ccccc3)c21. The van der Waals surface area contributed by atoms with Gasteiger partial charge in [0.2, 0.25) is 0 Å². The second kappa shape index (κ2) is 4.79. The highest BCUT2D eigenvalue weighted by Gasteiger charge is 2.30. The van der Waals surface area contributed by atoms with Crippen molar-refractivity contribution in [2.75, 3.05) is 5.32 Å². The number of hydrogen-bond donors (Lipinski definition) is 2. The molecule has 0 aliphatic carbocycles. The number of fused-ring (bicyclic) bond motifs is 1. The molecule has 1 aliphatic heterocycles. The molecule has 3 heterocycles. The van der Waals surface area contributed by atoms with Crippen molar-refractivity contribution < 1.29 is 9.21 Å². The lowest BCUT2D eigenvalue weighted by Gasteiger charge is -2.24. The summed E-state index contributed by atoms with van der Waals surface area (Å²) in [4.78, 5) is 12.5. The summed E-state index contributed by atoms with van der Waals surface area (Å²) in [6.45, 7) is 0. The van der Waals surface area contributed by atoms with Crippen LogP contribution in [0.1, 0.15) is 22.3 Å². The minimum absolute atomic E-state index is 0.0785.